The molecule has 1 amide bonds. The predicted octanol–water partition coefficient (Wildman–Crippen LogP) is 3.69. The van der Waals surface area contributed by atoms with Crippen molar-refractivity contribution in [2.24, 2.45) is 0 Å². The van der Waals surface area contributed by atoms with Crippen molar-refractivity contribution in [2.75, 3.05) is 13.6 Å². The van der Waals surface area contributed by atoms with Crippen molar-refractivity contribution < 1.29 is 42.5 Å². The molecule has 0 saturated carbocycles. The number of hydrogen-bond donors (Lipinski definition) is 0. The van der Waals surface area contributed by atoms with E-state index >= 15 is 0 Å². The van der Waals surface area contributed by atoms with Crippen LogP contribution in [0.2, 0.25) is 0 Å². The molecule has 1 aromatic heterocycles. The van der Waals surface area contributed by atoms with Crippen molar-refractivity contribution in [2.45, 2.75) is 27.7 Å². The lowest BCUT2D eigenvalue weighted by molar-refractivity contribution is -0.135. The third-order valence-corrected chi connectivity index (χ3v) is 4.77. The van der Waals surface area contributed by atoms with Gasteiger partial charge in [0.15, 0.2) is 16.9 Å². The average Bonchev–Trinajstić information content (AvgIpc) is 2.79. The van der Waals surface area contributed by atoms with E-state index in [1.807, 2.05) is 0 Å². The Kier molecular flexibility index (Phi) is 7.73. The van der Waals surface area contributed by atoms with Gasteiger partial charge in [0.05, 0.1) is 0 Å². The van der Waals surface area contributed by atoms with Crippen LogP contribution in [-0.4, -0.2) is 42.5 Å². The highest BCUT2D eigenvalue weighted by Gasteiger charge is 2.25. The second kappa shape index (κ2) is 10.7. The van der Waals surface area contributed by atoms with E-state index in [1.165, 1.54) is 23.1 Å². The number of benzene rings is 2. The van der Waals surface area contributed by atoms with E-state index < -0.39 is 40.9 Å². The number of carbonyl (C=O) groups is 4. The highest BCUT2D eigenvalue weighted by molar-refractivity contribution is 5.94. The van der Waals surface area contributed by atoms with E-state index in [-0.39, 0.29) is 28.2 Å². The first kappa shape index (κ1) is 25.9. The number of nitrogens with zero attached hydrogens (tertiary/aromatic N) is 1. The molecule has 0 aliphatic carbocycles. The van der Waals surface area contributed by atoms with Crippen LogP contribution in [0.25, 0.3) is 22.3 Å². The molecule has 0 radical (unpaired) electrons. The third-order valence-electron chi connectivity index (χ3n) is 4.77. The summed E-state index contributed by atoms with van der Waals surface area (Å²) in [4.78, 5) is 61.5. The summed E-state index contributed by atoms with van der Waals surface area (Å²) in [6, 6.07) is 8.55. The monoisotopic (exact) mass is 497 g/mol. The lowest BCUT2D eigenvalue weighted by Crippen LogP contribution is -2.29. The zero-order valence-electron chi connectivity index (χ0n) is 20.2. The fraction of sp³-hybridized carbons (Fsp3) is 0.240. The van der Waals surface area contributed by atoms with E-state index in [4.69, 9.17) is 23.4 Å². The second-order valence-corrected chi connectivity index (χ2v) is 7.57. The van der Waals surface area contributed by atoms with Crippen LogP contribution in [0.4, 0.5) is 4.79 Å². The van der Waals surface area contributed by atoms with Gasteiger partial charge >= 0.3 is 24.0 Å². The van der Waals surface area contributed by atoms with Gasteiger partial charge in [-0.2, -0.15) is 0 Å². The summed E-state index contributed by atoms with van der Waals surface area (Å²) in [5.41, 5.74) is -0.254. The van der Waals surface area contributed by atoms with Crippen molar-refractivity contribution >= 4 is 35.0 Å². The number of esters is 3. The number of hydrogen-bond acceptors (Lipinski definition) is 10. The van der Waals surface area contributed by atoms with Crippen LogP contribution in [0.1, 0.15) is 27.7 Å². The molecule has 2 aromatic carbocycles. The first-order valence-corrected chi connectivity index (χ1v) is 10.7. The Labute approximate surface area is 205 Å². The number of ether oxygens (including phenoxy) is 4. The highest BCUT2D eigenvalue weighted by atomic mass is 16.6. The summed E-state index contributed by atoms with van der Waals surface area (Å²) < 4.78 is 26.5. The largest absolute Gasteiger partial charge is 0.456 e. The molecule has 11 nitrogen and oxygen atoms in total. The van der Waals surface area contributed by atoms with Crippen molar-refractivity contribution in [1.82, 2.24) is 4.90 Å². The zero-order chi connectivity index (χ0) is 26.6. The maximum Gasteiger partial charge on any atom is 0.414 e. The molecule has 0 unspecified atom stereocenters. The molecule has 188 valence electrons. The van der Waals surface area contributed by atoms with Crippen molar-refractivity contribution in [3.05, 3.63) is 46.6 Å². The predicted molar refractivity (Wildman–Crippen MR) is 126 cm³/mol. The number of carbonyl (C=O) groups excluding carboxylic acids is 4. The van der Waals surface area contributed by atoms with Gasteiger partial charge in [0.2, 0.25) is 5.75 Å². The summed E-state index contributed by atoms with van der Waals surface area (Å²) in [5.74, 6) is -3.09. The minimum Gasteiger partial charge on any atom is -0.456 e. The maximum absolute atomic E-state index is 13.1. The highest BCUT2D eigenvalue weighted by Crippen LogP contribution is 2.44. The molecular formula is C25H23NO10. The molecule has 3 aromatic rings. The van der Waals surface area contributed by atoms with Gasteiger partial charge in [-0.15, -0.1) is 0 Å². The lowest BCUT2D eigenvalue weighted by Gasteiger charge is -2.15. The Morgan fingerprint density at radius 3 is 1.97 bits per heavy atom. The van der Waals surface area contributed by atoms with E-state index in [2.05, 4.69) is 0 Å². The molecule has 0 N–H and O–H groups in total. The Morgan fingerprint density at radius 2 is 1.42 bits per heavy atom. The van der Waals surface area contributed by atoms with E-state index in [0.29, 0.717) is 12.1 Å². The molecule has 0 aliphatic heterocycles. The van der Waals surface area contributed by atoms with Crippen molar-refractivity contribution in [1.29, 1.82) is 0 Å². The Balaban J connectivity index is 2.15. The van der Waals surface area contributed by atoms with Crippen LogP contribution in [0.15, 0.2) is 45.6 Å². The van der Waals surface area contributed by atoms with E-state index in [1.54, 1.807) is 26.1 Å². The first-order valence-electron chi connectivity index (χ1n) is 10.7. The van der Waals surface area contributed by atoms with Crippen molar-refractivity contribution in [3.8, 4) is 34.3 Å². The molecule has 1 heterocycles. The summed E-state index contributed by atoms with van der Waals surface area (Å²) in [6.45, 7) is 5.58. The molecule has 11 heteroatoms. The van der Waals surface area contributed by atoms with Crippen LogP contribution in [0.5, 0.6) is 23.0 Å². The molecular weight excluding hydrogens is 474 g/mol. The summed E-state index contributed by atoms with van der Waals surface area (Å²) in [5, 5.41) is -0.200. The van der Waals surface area contributed by atoms with E-state index in [9.17, 15) is 24.0 Å². The molecule has 3 rings (SSSR count). The van der Waals surface area contributed by atoms with Gasteiger partial charge in [-0.3, -0.25) is 19.2 Å². The molecule has 0 atom stereocenters. The summed E-state index contributed by atoms with van der Waals surface area (Å²) in [6.07, 6.45) is -0.526. The maximum atomic E-state index is 13.1. The third kappa shape index (κ3) is 5.87. The van der Waals surface area contributed by atoms with Crippen LogP contribution in [0.3, 0.4) is 0 Å². The molecule has 36 heavy (non-hydrogen) atoms. The smallest absolute Gasteiger partial charge is 0.414 e. The van der Waals surface area contributed by atoms with Crippen LogP contribution in [0, 0.1) is 0 Å². The second-order valence-electron chi connectivity index (χ2n) is 7.57. The van der Waals surface area contributed by atoms with Gasteiger partial charge in [-0.25, -0.2) is 4.79 Å². The van der Waals surface area contributed by atoms with Gasteiger partial charge in [0.1, 0.15) is 22.5 Å². The van der Waals surface area contributed by atoms with Gasteiger partial charge in [0.25, 0.3) is 0 Å². The van der Waals surface area contributed by atoms with Crippen LogP contribution < -0.4 is 24.4 Å². The van der Waals surface area contributed by atoms with Gasteiger partial charge in [0, 0.05) is 52.1 Å². The lowest BCUT2D eigenvalue weighted by atomic mass is 10.1. The first-order chi connectivity index (χ1) is 17.0. The summed E-state index contributed by atoms with van der Waals surface area (Å²) >= 11 is 0. The van der Waals surface area contributed by atoms with Gasteiger partial charge in [-0.1, -0.05) is 0 Å². The molecule has 0 fully saturated rings. The normalized spacial score (nSPS) is 10.5. The molecule has 0 saturated heterocycles. The molecule has 0 spiro atoms. The topological polar surface area (TPSA) is 139 Å². The standard InChI is InChI=1S/C25H23NO10/c1-6-26(5)25(31)35-17-9-7-16(8-10-17)19-11-18(30)22-20(36-19)12-21(32-13(2)27)23(33-14(3)28)24(22)34-15(4)29/h7-12H,6H2,1-5H3. The Hall–Kier alpha value is -4.67. The molecule has 0 bridgehead atoms. The zero-order valence-corrected chi connectivity index (χ0v) is 20.2. The quantitative estimate of drug-likeness (QED) is 0.366. The SMILES string of the molecule is CCN(C)C(=O)Oc1ccc(-c2cc(=O)c3c(OC(C)=O)c(OC(C)=O)c(OC(C)=O)cc3o2)cc1. The molecule has 0 aliphatic rings. The average molecular weight is 497 g/mol. The number of amides is 1. The summed E-state index contributed by atoms with van der Waals surface area (Å²) in [7, 11) is 1.60. The Morgan fingerprint density at radius 1 is 0.833 bits per heavy atom. The van der Waals surface area contributed by atoms with Crippen LogP contribution >= 0.6 is 0 Å². The van der Waals surface area contributed by atoms with Crippen molar-refractivity contribution in [3.63, 3.8) is 0 Å². The van der Waals surface area contributed by atoms with E-state index in [0.717, 1.165) is 26.8 Å². The van der Waals surface area contributed by atoms with Gasteiger partial charge < -0.3 is 28.3 Å². The minimum atomic E-state index is -0.813. The Bertz CT molecular complexity index is 1410. The fourth-order valence-electron chi connectivity index (χ4n) is 3.10. The van der Waals surface area contributed by atoms with Crippen LogP contribution in [-0.2, 0) is 14.4 Å². The fourth-order valence-corrected chi connectivity index (χ4v) is 3.10. The van der Waals surface area contributed by atoms with Gasteiger partial charge in [-0.05, 0) is 31.2 Å². The minimum absolute atomic E-state index is 0.0963. The number of rotatable bonds is 6. The number of fused-ring (bicyclic) bond motifs is 1.